The van der Waals surface area contributed by atoms with Crippen LogP contribution < -0.4 is 4.80 Å². The van der Waals surface area contributed by atoms with Gasteiger partial charge < -0.3 is 4.57 Å². The number of allylic oxidation sites excluding steroid dienone is 1. The van der Waals surface area contributed by atoms with Crippen LogP contribution in [-0.4, -0.2) is 15.4 Å². The molecule has 1 aromatic carbocycles. The number of nitrogens with zero attached hydrogens (tertiary/aromatic N) is 3. The summed E-state index contributed by atoms with van der Waals surface area (Å²) in [6, 6.07) is 4.58. The van der Waals surface area contributed by atoms with Crippen LogP contribution in [0.1, 0.15) is 6.92 Å². The van der Waals surface area contributed by atoms with Gasteiger partial charge in [-0.25, -0.2) is 0 Å². The molecule has 1 aromatic heterocycles. The highest BCUT2D eigenvalue weighted by molar-refractivity contribution is 7.16. The number of aromatic nitrogens is 1. The molecular weight excluding hydrogens is 266 g/mol. The van der Waals surface area contributed by atoms with Gasteiger partial charge in [-0.2, -0.15) is 4.99 Å². The third kappa shape index (κ3) is 2.60. The van der Waals surface area contributed by atoms with Crippen molar-refractivity contribution in [1.29, 1.82) is 0 Å². The summed E-state index contributed by atoms with van der Waals surface area (Å²) in [6.45, 7) is 5.51. The number of carbonyl (C=O) groups is 1. The lowest BCUT2D eigenvalue weighted by atomic mass is 10.3. The molecule has 0 unspecified atom stereocenters. The summed E-state index contributed by atoms with van der Waals surface area (Å²) >= 11 is 1.25. The van der Waals surface area contributed by atoms with Gasteiger partial charge in [0.1, 0.15) is 0 Å². The predicted octanol–water partition coefficient (Wildman–Crippen LogP) is 2.24. The van der Waals surface area contributed by atoms with Gasteiger partial charge in [0.2, 0.25) is 5.91 Å². The molecule has 0 saturated carbocycles. The molecule has 0 aliphatic carbocycles. The molecule has 0 aliphatic heterocycles. The lowest BCUT2D eigenvalue weighted by Crippen LogP contribution is -2.15. The smallest absolute Gasteiger partial charge is 0.270 e. The van der Waals surface area contributed by atoms with Gasteiger partial charge in [-0.3, -0.25) is 14.9 Å². The second-order valence-corrected chi connectivity index (χ2v) is 4.83. The van der Waals surface area contributed by atoms with Crippen LogP contribution in [-0.2, 0) is 11.3 Å². The Kier molecular flexibility index (Phi) is 3.57. The van der Waals surface area contributed by atoms with Crippen molar-refractivity contribution in [3.63, 3.8) is 0 Å². The number of benzene rings is 1. The predicted molar refractivity (Wildman–Crippen MR) is 72.9 cm³/mol. The first kappa shape index (κ1) is 13.2. The second kappa shape index (κ2) is 5.15. The Morgan fingerprint density at radius 2 is 2.37 bits per heavy atom. The number of fused-ring (bicyclic) bond motifs is 1. The zero-order valence-corrected chi connectivity index (χ0v) is 11.0. The van der Waals surface area contributed by atoms with Crippen LogP contribution in [0.4, 0.5) is 5.69 Å². The van der Waals surface area contributed by atoms with Crippen molar-refractivity contribution >= 4 is 33.1 Å². The van der Waals surface area contributed by atoms with E-state index in [9.17, 15) is 14.9 Å². The van der Waals surface area contributed by atoms with Crippen LogP contribution in [0.5, 0.6) is 0 Å². The van der Waals surface area contributed by atoms with Crippen molar-refractivity contribution < 1.29 is 9.72 Å². The highest BCUT2D eigenvalue weighted by atomic mass is 32.1. The average Bonchev–Trinajstić information content (AvgIpc) is 2.66. The van der Waals surface area contributed by atoms with Crippen LogP contribution in [0.2, 0.25) is 0 Å². The summed E-state index contributed by atoms with van der Waals surface area (Å²) in [6.07, 6.45) is 1.69. The SMILES string of the molecule is C=CCn1c(=NC(C)=O)sc2cc([N+](=O)[O-])ccc21. The first-order valence-corrected chi connectivity index (χ1v) is 6.28. The fraction of sp³-hybridized carbons (Fsp3) is 0.167. The molecule has 0 radical (unpaired) electrons. The third-order valence-corrected chi connectivity index (χ3v) is 3.48. The highest BCUT2D eigenvalue weighted by Crippen LogP contribution is 2.23. The van der Waals surface area contributed by atoms with E-state index >= 15 is 0 Å². The minimum absolute atomic E-state index is 0.0221. The molecule has 0 saturated heterocycles. The summed E-state index contributed by atoms with van der Waals surface area (Å²) < 4.78 is 2.52. The maximum Gasteiger partial charge on any atom is 0.270 e. The lowest BCUT2D eigenvalue weighted by Gasteiger charge is -1.99. The molecule has 2 aromatic rings. The van der Waals surface area contributed by atoms with E-state index in [2.05, 4.69) is 11.6 Å². The minimum Gasteiger partial charge on any atom is -0.312 e. The second-order valence-electron chi connectivity index (χ2n) is 3.82. The van der Waals surface area contributed by atoms with Gasteiger partial charge in [0.15, 0.2) is 4.80 Å². The van der Waals surface area contributed by atoms with Gasteiger partial charge in [-0.05, 0) is 6.07 Å². The fourth-order valence-corrected chi connectivity index (χ4v) is 2.82. The van der Waals surface area contributed by atoms with Crippen molar-refractivity contribution in [2.24, 2.45) is 4.99 Å². The maximum absolute atomic E-state index is 11.1. The first-order chi connectivity index (χ1) is 9.02. The van der Waals surface area contributed by atoms with Crippen LogP contribution in [0.3, 0.4) is 0 Å². The maximum atomic E-state index is 11.1. The molecule has 2 rings (SSSR count). The van der Waals surface area contributed by atoms with Gasteiger partial charge in [0.05, 0.1) is 15.1 Å². The summed E-state index contributed by atoms with van der Waals surface area (Å²) in [5.41, 5.74) is 0.823. The minimum atomic E-state index is -0.446. The average molecular weight is 277 g/mol. The van der Waals surface area contributed by atoms with E-state index in [0.717, 1.165) is 10.2 Å². The summed E-state index contributed by atoms with van der Waals surface area (Å²) in [7, 11) is 0. The number of thiazole rings is 1. The number of nitro groups is 1. The number of nitro benzene ring substituents is 1. The molecule has 0 N–H and O–H groups in total. The fourth-order valence-electron chi connectivity index (χ4n) is 1.70. The van der Waals surface area contributed by atoms with Crippen molar-refractivity contribution in [1.82, 2.24) is 4.57 Å². The van der Waals surface area contributed by atoms with E-state index in [1.807, 2.05) is 0 Å². The van der Waals surface area contributed by atoms with Gasteiger partial charge in [-0.15, -0.1) is 6.58 Å². The van der Waals surface area contributed by atoms with Crippen LogP contribution in [0, 0.1) is 10.1 Å². The number of non-ortho nitro benzene ring substituents is 1. The molecule has 7 heteroatoms. The Hall–Kier alpha value is -2.28. The van der Waals surface area contributed by atoms with Gasteiger partial charge >= 0.3 is 0 Å². The van der Waals surface area contributed by atoms with Crippen LogP contribution >= 0.6 is 11.3 Å². The molecule has 0 aliphatic rings. The molecule has 0 atom stereocenters. The molecule has 6 nitrogen and oxygen atoms in total. The van der Waals surface area contributed by atoms with Crippen LogP contribution in [0.25, 0.3) is 10.2 Å². The first-order valence-electron chi connectivity index (χ1n) is 5.47. The molecular formula is C12H11N3O3S. The van der Waals surface area contributed by atoms with Gasteiger partial charge in [0.25, 0.3) is 5.69 Å². The summed E-state index contributed by atoms with van der Waals surface area (Å²) in [4.78, 5) is 25.8. The van der Waals surface area contributed by atoms with E-state index in [1.54, 1.807) is 16.7 Å². The zero-order chi connectivity index (χ0) is 14.0. The molecule has 0 bridgehead atoms. The molecule has 1 heterocycles. The van der Waals surface area contributed by atoms with Gasteiger partial charge in [0, 0.05) is 25.6 Å². The third-order valence-electron chi connectivity index (χ3n) is 2.44. The highest BCUT2D eigenvalue weighted by Gasteiger charge is 2.11. The van der Waals surface area contributed by atoms with E-state index in [-0.39, 0.29) is 11.6 Å². The Bertz CT molecular complexity index is 742. The number of carbonyl (C=O) groups excluding carboxylic acids is 1. The largest absolute Gasteiger partial charge is 0.312 e. The Morgan fingerprint density at radius 3 is 2.95 bits per heavy atom. The van der Waals surface area contributed by atoms with E-state index in [0.29, 0.717) is 11.3 Å². The van der Waals surface area contributed by atoms with Crippen molar-refractivity contribution in [2.75, 3.05) is 0 Å². The molecule has 98 valence electrons. The number of rotatable bonds is 3. The van der Waals surface area contributed by atoms with E-state index in [4.69, 9.17) is 0 Å². The number of amides is 1. The molecule has 19 heavy (non-hydrogen) atoms. The molecule has 0 fully saturated rings. The van der Waals surface area contributed by atoms with Crippen molar-refractivity contribution in [2.45, 2.75) is 13.5 Å². The molecule has 0 spiro atoms. The Morgan fingerprint density at radius 1 is 1.63 bits per heavy atom. The summed E-state index contributed by atoms with van der Waals surface area (Å²) in [5, 5.41) is 10.7. The quantitative estimate of drug-likeness (QED) is 0.490. The topological polar surface area (TPSA) is 77.5 Å². The Balaban J connectivity index is 2.76. The van der Waals surface area contributed by atoms with E-state index < -0.39 is 4.92 Å². The van der Waals surface area contributed by atoms with Gasteiger partial charge in [-0.1, -0.05) is 17.4 Å². The van der Waals surface area contributed by atoms with Crippen molar-refractivity contribution in [3.05, 3.63) is 45.8 Å². The Labute approximate surface area is 112 Å². The number of hydrogen-bond donors (Lipinski definition) is 0. The lowest BCUT2D eigenvalue weighted by molar-refractivity contribution is -0.384. The van der Waals surface area contributed by atoms with E-state index in [1.165, 1.54) is 30.4 Å². The standard InChI is InChI=1S/C12H11N3O3S/c1-3-6-14-10-5-4-9(15(17)18)7-11(10)19-12(14)13-8(2)16/h3-5,7H,1,6H2,2H3. The number of hydrogen-bond acceptors (Lipinski definition) is 4. The zero-order valence-electron chi connectivity index (χ0n) is 10.2. The van der Waals surface area contributed by atoms with Crippen LogP contribution in [0.15, 0.2) is 35.8 Å². The monoisotopic (exact) mass is 277 g/mol. The normalized spacial score (nSPS) is 11.7. The summed E-state index contributed by atoms with van der Waals surface area (Å²) in [5.74, 6) is -0.307. The molecule has 1 amide bonds. The van der Waals surface area contributed by atoms with Crippen molar-refractivity contribution in [3.8, 4) is 0 Å².